The van der Waals surface area contributed by atoms with Crippen LogP contribution >= 0.6 is 0 Å². The largest absolute Gasteiger partial charge is 1.00 e. The molecule has 0 atom stereocenters. The summed E-state index contributed by atoms with van der Waals surface area (Å²) in [6.07, 6.45) is 0. The first kappa shape index (κ1) is 18.3. The van der Waals surface area contributed by atoms with Crippen molar-refractivity contribution in [2.24, 2.45) is 11.8 Å². The zero-order valence-electron chi connectivity index (χ0n) is 7.82. The van der Waals surface area contributed by atoms with E-state index >= 15 is 0 Å². The smallest absolute Gasteiger partial charge is 1.00 e. The van der Waals surface area contributed by atoms with E-state index in [9.17, 15) is 0 Å². The monoisotopic (exact) mass is 274 g/mol. The van der Waals surface area contributed by atoms with Crippen LogP contribution in [0.25, 0.3) is 0 Å². The third-order valence-corrected chi connectivity index (χ3v) is 6.54. The molecule has 0 spiro atoms. The van der Waals surface area contributed by atoms with Gasteiger partial charge in [-0.3, -0.25) is 0 Å². The van der Waals surface area contributed by atoms with E-state index in [-0.39, 0.29) is 48.0 Å². The second kappa shape index (κ2) is 11.5. The molecular weight excluding hydrogens is 258 g/mol. The summed E-state index contributed by atoms with van der Waals surface area (Å²) in [4.78, 5) is 0. The van der Waals surface area contributed by atoms with Crippen molar-refractivity contribution < 1.29 is 48.0 Å². The second-order valence-corrected chi connectivity index (χ2v) is 6.68. The van der Waals surface area contributed by atoms with E-state index < -0.39 is 0 Å². The Bertz CT molecular complexity index is 57.1. The first-order valence-corrected chi connectivity index (χ1v) is 7.31. The van der Waals surface area contributed by atoms with E-state index in [1.54, 1.807) is 8.26 Å². The van der Waals surface area contributed by atoms with Gasteiger partial charge in [0, 0.05) is 0 Å². The van der Waals surface area contributed by atoms with Gasteiger partial charge in [-0.2, -0.15) is 0 Å². The van der Waals surface area contributed by atoms with Crippen LogP contribution in [0.4, 0.5) is 0 Å². The summed E-state index contributed by atoms with van der Waals surface area (Å²) < 4.78 is 3.14. The Labute approximate surface area is 95.3 Å². The number of hydrogen-bond acceptors (Lipinski definition) is 0. The Kier molecular flexibility index (Phi) is 19.1. The van der Waals surface area contributed by atoms with Gasteiger partial charge in [0.25, 0.3) is 0 Å². The van der Waals surface area contributed by atoms with Crippen LogP contribution in [0.1, 0.15) is 27.7 Å². The molecule has 0 aliphatic carbocycles. The molecule has 0 rings (SSSR count). The van der Waals surface area contributed by atoms with E-state index in [4.69, 9.17) is 0 Å². The van der Waals surface area contributed by atoms with Crippen molar-refractivity contribution in [3.8, 4) is 0 Å². The predicted octanol–water partition coefficient (Wildman–Crippen LogP) is -2.77. The molecule has 0 aliphatic rings. The molecule has 0 aliphatic heterocycles. The van der Waals surface area contributed by atoms with Gasteiger partial charge < -0.3 is 24.8 Å². The molecule has 0 radical (unpaired) electrons. The van der Waals surface area contributed by atoms with E-state index in [0.29, 0.717) is 0 Å². The van der Waals surface area contributed by atoms with Crippen LogP contribution in [0.3, 0.4) is 0 Å². The molecule has 0 heterocycles. The summed E-state index contributed by atoms with van der Waals surface area (Å²) in [7, 11) is 0. The van der Waals surface area contributed by atoms with Crippen LogP contribution in [0.15, 0.2) is 0 Å². The average Bonchev–Trinajstić information content (AvgIpc) is 1.63. The van der Waals surface area contributed by atoms with Gasteiger partial charge in [-0.15, -0.1) is 0 Å². The van der Waals surface area contributed by atoms with Crippen molar-refractivity contribution in [2.45, 2.75) is 36.0 Å². The molecule has 0 saturated carbocycles. The third-order valence-electron chi connectivity index (χ3n) is 1.11. The topological polar surface area (TPSA) is 0 Å². The minimum Gasteiger partial charge on any atom is -1.00 e. The van der Waals surface area contributed by atoms with Crippen molar-refractivity contribution in [3.05, 3.63) is 0 Å². The Morgan fingerprint density at radius 2 is 1.09 bits per heavy atom. The van der Waals surface area contributed by atoms with E-state index in [2.05, 4.69) is 27.7 Å². The molecule has 0 amide bonds. The molecule has 0 bridgehead atoms. The fraction of sp³-hybridized carbons (Fsp3) is 1.00. The van der Waals surface area contributed by atoms with Crippen molar-refractivity contribution in [1.82, 2.24) is 0 Å². The van der Waals surface area contributed by atoms with Gasteiger partial charge in [-0.1, -0.05) is 0 Å². The van der Waals surface area contributed by atoms with Crippen molar-refractivity contribution in [1.29, 1.82) is 0 Å². The summed E-state index contributed by atoms with van der Waals surface area (Å²) in [6.45, 7) is 9.34. The molecule has 68 valence electrons. The molecule has 11 heavy (non-hydrogen) atoms. The molecule has 0 N–H and O–H groups in total. The van der Waals surface area contributed by atoms with Gasteiger partial charge in [0.1, 0.15) is 0 Å². The number of hydrogen-bond donors (Lipinski definition) is 0. The number of rotatable bonds is 4. The first-order chi connectivity index (χ1) is 4.13. The molecule has 0 aromatic heterocycles. The molecule has 0 unspecified atom stereocenters. The summed E-state index contributed by atoms with van der Waals surface area (Å²) in [5.74, 6) is 1.94. The molecule has 0 saturated heterocycles. The summed E-state index contributed by atoms with van der Waals surface area (Å²) in [5.41, 5.74) is 0. The average molecular weight is 276 g/mol. The van der Waals surface area contributed by atoms with Crippen LogP contribution in [0, 0.1) is 11.8 Å². The van der Waals surface area contributed by atoms with Crippen molar-refractivity contribution in [3.63, 3.8) is 0 Å². The van der Waals surface area contributed by atoms with E-state index in [0.717, 1.165) is 11.8 Å². The molecule has 0 aromatic rings. The van der Waals surface area contributed by atoms with Gasteiger partial charge in [0.2, 0.25) is 0 Å². The van der Waals surface area contributed by atoms with Crippen LogP contribution < -0.4 is 24.8 Å². The molecule has 0 nitrogen and oxygen atoms in total. The second-order valence-electron chi connectivity index (χ2n) is 3.45. The predicted molar refractivity (Wildman–Crippen MR) is 39.3 cm³/mol. The van der Waals surface area contributed by atoms with Gasteiger partial charge in [0.15, 0.2) is 0 Å². The molecule has 3 heteroatoms. The molecule has 0 fully saturated rings. The summed E-state index contributed by atoms with van der Waals surface area (Å²) >= 11 is 0.0709. The van der Waals surface area contributed by atoms with Gasteiger partial charge in [-0.05, 0) is 0 Å². The Morgan fingerprint density at radius 3 is 1.27 bits per heavy atom. The van der Waals surface area contributed by atoms with Gasteiger partial charge in [-0.25, -0.2) is 0 Å². The van der Waals surface area contributed by atoms with E-state index in [1.807, 2.05) is 0 Å². The van der Waals surface area contributed by atoms with Crippen LogP contribution in [-0.4, -0.2) is 0 Å². The minimum absolute atomic E-state index is 0. The zero-order valence-corrected chi connectivity index (χ0v) is 11.8. The summed E-state index contributed by atoms with van der Waals surface area (Å²) in [5, 5.41) is 0. The number of halogens is 2. The van der Waals surface area contributed by atoms with Gasteiger partial charge in [0.05, 0.1) is 0 Å². The summed E-state index contributed by atoms with van der Waals surface area (Å²) in [6, 6.07) is 0. The maximum atomic E-state index is 2.33. The van der Waals surface area contributed by atoms with Crippen LogP contribution in [0.5, 0.6) is 0 Å². The fourth-order valence-corrected chi connectivity index (χ4v) is 3.91. The minimum atomic E-state index is 0. The van der Waals surface area contributed by atoms with Crippen LogP contribution in [-0.2, 0) is 23.2 Å². The quantitative estimate of drug-likeness (QED) is 0.521. The Morgan fingerprint density at radius 1 is 0.818 bits per heavy atom. The van der Waals surface area contributed by atoms with Crippen molar-refractivity contribution in [2.75, 3.05) is 0 Å². The first-order valence-electron chi connectivity index (χ1n) is 3.83. The standard InChI is InChI=1S/2C4H9.2ClH.Zr/c2*1-4(2)3;;;/h2*4H,1H2,2-3H3;2*1H;/q;;;;+2/p-2. The maximum Gasteiger partial charge on any atom is -1.00 e. The molecular formula is C8H18Cl2Zr. The third kappa shape index (κ3) is 18.4. The van der Waals surface area contributed by atoms with Gasteiger partial charge >= 0.3 is 71.0 Å². The van der Waals surface area contributed by atoms with E-state index in [1.165, 1.54) is 0 Å². The van der Waals surface area contributed by atoms with Crippen molar-refractivity contribution >= 4 is 0 Å². The normalized spacial score (nSPS) is 8.55. The Balaban J connectivity index is -0.000000320. The zero-order chi connectivity index (χ0) is 7.28. The fourth-order valence-electron chi connectivity index (χ4n) is 0.661. The Hall–Kier alpha value is 1.46. The van der Waals surface area contributed by atoms with Crippen LogP contribution in [0.2, 0.25) is 8.26 Å². The SMILES string of the molecule is CC(C)[CH2][Zr+2][CH2]C(C)C.[Cl-].[Cl-]. The maximum absolute atomic E-state index is 2.33. The molecule has 0 aromatic carbocycles.